The molecular formula is C17H14BrCl2NO3. The van der Waals surface area contributed by atoms with Crippen molar-refractivity contribution in [1.82, 2.24) is 5.32 Å². The first-order valence-corrected chi connectivity index (χ1v) is 8.87. The van der Waals surface area contributed by atoms with Gasteiger partial charge in [0.1, 0.15) is 11.5 Å². The molecule has 126 valence electrons. The minimum atomic E-state index is -0.233. The first-order chi connectivity index (χ1) is 11.5. The molecule has 1 aliphatic heterocycles. The lowest BCUT2D eigenvalue weighted by molar-refractivity contribution is -0.124. The van der Waals surface area contributed by atoms with E-state index in [0.717, 1.165) is 15.8 Å². The van der Waals surface area contributed by atoms with Gasteiger partial charge in [-0.2, -0.15) is 0 Å². The maximum absolute atomic E-state index is 12.2. The number of fused-ring (bicyclic) bond motifs is 1. The fourth-order valence-corrected chi connectivity index (χ4v) is 3.20. The monoisotopic (exact) mass is 429 g/mol. The van der Waals surface area contributed by atoms with Crippen molar-refractivity contribution in [2.75, 3.05) is 13.2 Å². The quantitative estimate of drug-likeness (QED) is 0.759. The van der Waals surface area contributed by atoms with Crippen LogP contribution < -0.4 is 14.8 Å². The second kappa shape index (κ2) is 7.64. The predicted molar refractivity (Wildman–Crippen MR) is 97.1 cm³/mol. The molecule has 0 aliphatic carbocycles. The number of carbonyl (C=O) groups excluding carboxylic acids is 1. The summed E-state index contributed by atoms with van der Waals surface area (Å²) in [7, 11) is 0. The number of amides is 1. The predicted octanol–water partition coefficient (Wildman–Crippen LogP) is 4.77. The molecule has 1 N–H and O–H groups in total. The lowest BCUT2D eigenvalue weighted by Crippen LogP contribution is -2.35. The van der Waals surface area contributed by atoms with Crippen molar-refractivity contribution in [3.63, 3.8) is 0 Å². The summed E-state index contributed by atoms with van der Waals surface area (Å²) in [4.78, 5) is 12.2. The number of rotatable bonds is 4. The third-order valence-corrected chi connectivity index (χ3v) is 4.64. The molecule has 1 unspecified atom stereocenters. The van der Waals surface area contributed by atoms with E-state index in [-0.39, 0.29) is 18.6 Å². The molecule has 0 fully saturated rings. The molecule has 0 saturated carbocycles. The van der Waals surface area contributed by atoms with Gasteiger partial charge in [-0.25, -0.2) is 0 Å². The Balaban J connectivity index is 1.64. The molecule has 0 aromatic heterocycles. The van der Waals surface area contributed by atoms with E-state index in [1.807, 2.05) is 18.2 Å². The van der Waals surface area contributed by atoms with E-state index < -0.39 is 0 Å². The summed E-state index contributed by atoms with van der Waals surface area (Å²) in [5.74, 6) is 0.937. The summed E-state index contributed by atoms with van der Waals surface area (Å²) >= 11 is 15.4. The Morgan fingerprint density at radius 2 is 2.12 bits per heavy atom. The highest BCUT2D eigenvalue weighted by atomic mass is 79.9. The number of benzene rings is 2. The topological polar surface area (TPSA) is 47.6 Å². The van der Waals surface area contributed by atoms with Crippen LogP contribution in [0, 0.1) is 0 Å². The number of carbonyl (C=O) groups is 1. The molecule has 3 rings (SSSR count). The summed E-state index contributed by atoms with van der Waals surface area (Å²) in [5.41, 5.74) is 0.949. The van der Waals surface area contributed by atoms with E-state index in [1.54, 1.807) is 18.2 Å². The summed E-state index contributed by atoms with van der Waals surface area (Å²) in [6.45, 7) is 0.418. The van der Waals surface area contributed by atoms with Gasteiger partial charge in [0.15, 0.2) is 6.61 Å². The zero-order chi connectivity index (χ0) is 17.1. The second-order valence-electron chi connectivity index (χ2n) is 5.30. The van der Waals surface area contributed by atoms with Crippen LogP contribution in [-0.4, -0.2) is 19.1 Å². The number of hydrogen-bond acceptors (Lipinski definition) is 3. The molecule has 1 amide bonds. The highest BCUT2D eigenvalue weighted by molar-refractivity contribution is 9.10. The molecule has 7 heteroatoms. The Kier molecular flexibility index (Phi) is 5.54. The second-order valence-corrected chi connectivity index (χ2v) is 7.06. The molecular weight excluding hydrogens is 417 g/mol. The molecule has 2 aromatic rings. The lowest BCUT2D eigenvalue weighted by atomic mass is 10.0. The molecule has 0 bridgehead atoms. The maximum atomic E-state index is 12.2. The Hall–Kier alpha value is -1.43. The van der Waals surface area contributed by atoms with Crippen molar-refractivity contribution in [2.24, 2.45) is 0 Å². The van der Waals surface area contributed by atoms with Crippen LogP contribution in [0.4, 0.5) is 0 Å². The van der Waals surface area contributed by atoms with Gasteiger partial charge in [-0.3, -0.25) is 4.79 Å². The Bertz CT molecular complexity index is 769. The van der Waals surface area contributed by atoms with Gasteiger partial charge in [-0.05, 0) is 30.3 Å². The van der Waals surface area contributed by atoms with Crippen molar-refractivity contribution in [1.29, 1.82) is 0 Å². The summed E-state index contributed by atoms with van der Waals surface area (Å²) in [6, 6.07) is 10.5. The zero-order valence-corrected chi connectivity index (χ0v) is 15.6. The van der Waals surface area contributed by atoms with Gasteiger partial charge < -0.3 is 14.8 Å². The molecule has 4 nitrogen and oxygen atoms in total. The van der Waals surface area contributed by atoms with Crippen LogP contribution in [-0.2, 0) is 4.79 Å². The molecule has 24 heavy (non-hydrogen) atoms. The van der Waals surface area contributed by atoms with Gasteiger partial charge in [0.05, 0.1) is 17.7 Å². The highest BCUT2D eigenvalue weighted by Gasteiger charge is 2.23. The minimum Gasteiger partial charge on any atom is -0.493 e. The molecule has 1 atom stereocenters. The van der Waals surface area contributed by atoms with E-state index in [0.29, 0.717) is 28.8 Å². The van der Waals surface area contributed by atoms with E-state index in [9.17, 15) is 4.79 Å². The minimum absolute atomic E-state index is 0.114. The SMILES string of the molecule is O=C(COc1cc(Cl)ccc1Cl)NC1CCOc2ccc(Br)cc21. The molecule has 0 spiro atoms. The van der Waals surface area contributed by atoms with Crippen molar-refractivity contribution in [3.05, 3.63) is 56.5 Å². The van der Waals surface area contributed by atoms with Crippen LogP contribution in [0.25, 0.3) is 0 Å². The van der Waals surface area contributed by atoms with E-state index in [4.69, 9.17) is 32.7 Å². The van der Waals surface area contributed by atoms with Gasteiger partial charge in [0.25, 0.3) is 5.91 Å². The number of halogens is 3. The van der Waals surface area contributed by atoms with E-state index in [2.05, 4.69) is 21.2 Å². The fourth-order valence-electron chi connectivity index (χ4n) is 2.48. The van der Waals surface area contributed by atoms with Crippen LogP contribution in [0.2, 0.25) is 10.0 Å². The van der Waals surface area contributed by atoms with Gasteiger partial charge in [0, 0.05) is 27.5 Å². The zero-order valence-electron chi connectivity index (χ0n) is 12.5. The van der Waals surface area contributed by atoms with Crippen LogP contribution in [0.5, 0.6) is 11.5 Å². The average molecular weight is 431 g/mol. The van der Waals surface area contributed by atoms with E-state index in [1.165, 1.54) is 0 Å². The van der Waals surface area contributed by atoms with Gasteiger partial charge >= 0.3 is 0 Å². The lowest BCUT2D eigenvalue weighted by Gasteiger charge is -2.27. The summed E-state index contributed by atoms with van der Waals surface area (Å²) in [6.07, 6.45) is 0.702. The Morgan fingerprint density at radius 3 is 2.96 bits per heavy atom. The van der Waals surface area contributed by atoms with Crippen LogP contribution >= 0.6 is 39.1 Å². The van der Waals surface area contributed by atoms with Crippen molar-refractivity contribution >= 4 is 45.0 Å². The molecule has 0 radical (unpaired) electrons. The normalized spacial score (nSPS) is 16.0. The van der Waals surface area contributed by atoms with Crippen LogP contribution in [0.15, 0.2) is 40.9 Å². The van der Waals surface area contributed by atoms with Crippen LogP contribution in [0.3, 0.4) is 0 Å². The maximum Gasteiger partial charge on any atom is 0.258 e. The van der Waals surface area contributed by atoms with Crippen LogP contribution in [0.1, 0.15) is 18.0 Å². The summed E-state index contributed by atoms with van der Waals surface area (Å²) in [5, 5.41) is 3.87. The number of ether oxygens (including phenoxy) is 2. The van der Waals surface area contributed by atoms with Gasteiger partial charge in [-0.15, -0.1) is 0 Å². The van der Waals surface area contributed by atoms with Crippen molar-refractivity contribution < 1.29 is 14.3 Å². The highest BCUT2D eigenvalue weighted by Crippen LogP contribution is 2.34. The van der Waals surface area contributed by atoms with Crippen molar-refractivity contribution in [2.45, 2.75) is 12.5 Å². The van der Waals surface area contributed by atoms with Gasteiger partial charge in [-0.1, -0.05) is 39.1 Å². The molecule has 2 aromatic carbocycles. The Morgan fingerprint density at radius 1 is 1.29 bits per heavy atom. The average Bonchev–Trinajstić information content (AvgIpc) is 2.56. The van der Waals surface area contributed by atoms with Gasteiger partial charge in [0.2, 0.25) is 0 Å². The van der Waals surface area contributed by atoms with Crippen molar-refractivity contribution in [3.8, 4) is 11.5 Å². The first kappa shape index (κ1) is 17.4. The number of nitrogens with one attached hydrogen (secondary N) is 1. The smallest absolute Gasteiger partial charge is 0.258 e. The largest absolute Gasteiger partial charge is 0.493 e. The third kappa shape index (κ3) is 4.15. The number of hydrogen-bond donors (Lipinski definition) is 1. The molecule has 0 saturated heterocycles. The fraction of sp³-hybridized carbons (Fsp3) is 0.235. The van der Waals surface area contributed by atoms with E-state index >= 15 is 0 Å². The standard InChI is InChI=1S/C17H14BrCl2NO3/c18-10-1-4-15-12(7-10)14(5-6-23-15)21-17(22)9-24-16-8-11(19)2-3-13(16)20/h1-4,7-8,14H,5-6,9H2,(H,21,22). The molecule has 1 aliphatic rings. The molecule has 1 heterocycles. The summed E-state index contributed by atoms with van der Waals surface area (Å²) < 4.78 is 12.0. The first-order valence-electron chi connectivity index (χ1n) is 7.32. The third-order valence-electron chi connectivity index (χ3n) is 3.60. The Labute approximate surface area is 158 Å².